The van der Waals surface area contributed by atoms with E-state index in [4.69, 9.17) is 5.11 Å². The van der Waals surface area contributed by atoms with Crippen molar-refractivity contribution in [2.24, 2.45) is 5.41 Å². The zero-order valence-corrected chi connectivity index (χ0v) is 10.2. The van der Waals surface area contributed by atoms with Gasteiger partial charge in [-0.05, 0) is 24.6 Å². The maximum atomic E-state index is 9.18. The summed E-state index contributed by atoms with van der Waals surface area (Å²) in [6.45, 7) is 7.03. The van der Waals surface area contributed by atoms with Crippen molar-refractivity contribution in [2.45, 2.75) is 26.8 Å². The summed E-state index contributed by atoms with van der Waals surface area (Å²) in [5.41, 5.74) is 1.03. The zero-order chi connectivity index (χ0) is 12.2. The highest BCUT2D eigenvalue weighted by Gasteiger charge is 2.17. The lowest BCUT2D eigenvalue weighted by atomic mass is 9.94. The molecule has 0 heterocycles. The number of aliphatic hydroxyl groups excluding tert-OH is 1. The molecule has 0 spiro atoms. The van der Waals surface area contributed by atoms with E-state index in [1.54, 1.807) is 12.1 Å². The van der Waals surface area contributed by atoms with Gasteiger partial charge >= 0.3 is 0 Å². The second kappa shape index (κ2) is 5.32. The van der Waals surface area contributed by atoms with Gasteiger partial charge in [-0.15, -0.1) is 0 Å². The second-order valence-electron chi connectivity index (χ2n) is 5.02. The Bertz CT molecular complexity index is 319. The van der Waals surface area contributed by atoms with E-state index in [-0.39, 0.29) is 23.8 Å². The predicted octanol–water partition coefficient (Wildman–Crippen LogP) is 2.06. The minimum absolute atomic E-state index is 0.106. The third-order valence-electron chi connectivity index (χ3n) is 2.71. The molecule has 3 nitrogen and oxygen atoms in total. The highest BCUT2D eigenvalue weighted by Crippen LogP contribution is 2.18. The Morgan fingerprint density at radius 3 is 2.31 bits per heavy atom. The van der Waals surface area contributed by atoms with Crippen molar-refractivity contribution in [1.29, 1.82) is 0 Å². The number of aromatic hydroxyl groups is 1. The molecule has 1 aromatic rings. The Kier molecular flexibility index (Phi) is 4.33. The largest absolute Gasteiger partial charge is 0.508 e. The Balaban J connectivity index is 2.53. The first-order valence-electron chi connectivity index (χ1n) is 5.58. The lowest BCUT2D eigenvalue weighted by molar-refractivity contribution is 0.154. The Hall–Kier alpha value is -1.06. The molecule has 0 bridgehead atoms. The third-order valence-corrected chi connectivity index (χ3v) is 2.71. The predicted molar refractivity (Wildman–Crippen MR) is 65.4 cm³/mol. The van der Waals surface area contributed by atoms with Gasteiger partial charge in [0.15, 0.2) is 0 Å². The van der Waals surface area contributed by atoms with E-state index in [1.165, 1.54) is 0 Å². The molecule has 1 rings (SSSR count). The van der Waals surface area contributed by atoms with Gasteiger partial charge in [0, 0.05) is 24.6 Å². The average molecular weight is 223 g/mol. The van der Waals surface area contributed by atoms with Crippen molar-refractivity contribution in [3.05, 3.63) is 29.8 Å². The van der Waals surface area contributed by atoms with Crippen molar-refractivity contribution in [3.8, 4) is 5.75 Å². The highest BCUT2D eigenvalue weighted by atomic mass is 16.3. The van der Waals surface area contributed by atoms with Crippen molar-refractivity contribution in [3.63, 3.8) is 0 Å². The number of benzene rings is 1. The Labute approximate surface area is 97.1 Å². The Morgan fingerprint density at radius 1 is 1.25 bits per heavy atom. The number of hydrogen-bond acceptors (Lipinski definition) is 3. The molecular weight excluding hydrogens is 202 g/mol. The maximum Gasteiger partial charge on any atom is 0.115 e. The summed E-state index contributed by atoms with van der Waals surface area (Å²) in [6, 6.07) is 7.39. The van der Waals surface area contributed by atoms with Crippen LogP contribution in [0.1, 0.15) is 32.4 Å². The summed E-state index contributed by atoms with van der Waals surface area (Å²) >= 11 is 0. The summed E-state index contributed by atoms with van der Waals surface area (Å²) in [4.78, 5) is 0. The first-order chi connectivity index (χ1) is 7.44. The normalized spacial score (nSPS) is 13.8. The fourth-order valence-electron chi connectivity index (χ4n) is 1.37. The number of aliphatic hydroxyl groups is 1. The number of nitrogens with one attached hydrogen (secondary N) is 1. The van der Waals surface area contributed by atoms with Crippen molar-refractivity contribution >= 4 is 0 Å². The molecule has 16 heavy (non-hydrogen) atoms. The van der Waals surface area contributed by atoms with Crippen LogP contribution in [0, 0.1) is 5.41 Å². The summed E-state index contributed by atoms with van der Waals surface area (Å²) < 4.78 is 0. The summed E-state index contributed by atoms with van der Waals surface area (Å²) in [6.07, 6.45) is 0. The van der Waals surface area contributed by atoms with Gasteiger partial charge in [-0.3, -0.25) is 0 Å². The molecule has 0 aliphatic heterocycles. The molecule has 0 saturated carbocycles. The van der Waals surface area contributed by atoms with Crippen molar-refractivity contribution in [2.75, 3.05) is 13.2 Å². The van der Waals surface area contributed by atoms with E-state index >= 15 is 0 Å². The van der Waals surface area contributed by atoms with Crippen LogP contribution in [0.4, 0.5) is 0 Å². The van der Waals surface area contributed by atoms with Crippen LogP contribution in [0.3, 0.4) is 0 Å². The first-order valence-corrected chi connectivity index (χ1v) is 5.58. The van der Waals surface area contributed by atoms with Gasteiger partial charge in [-0.1, -0.05) is 26.0 Å². The number of phenolic OH excluding ortho intramolecular Hbond substituents is 1. The minimum Gasteiger partial charge on any atom is -0.508 e. The summed E-state index contributed by atoms with van der Waals surface area (Å²) in [5.74, 6) is 0.284. The molecule has 1 atom stereocenters. The molecular formula is C13H21NO2. The molecule has 0 saturated heterocycles. The van der Waals surface area contributed by atoms with Gasteiger partial charge in [0.2, 0.25) is 0 Å². The molecule has 1 aromatic carbocycles. The number of hydrogen-bond donors (Lipinski definition) is 3. The standard InChI is InChI=1S/C13H21NO2/c1-10(14-8-13(2,3)9-15)11-4-6-12(16)7-5-11/h4-7,10,14-16H,8-9H2,1-3H3. The Morgan fingerprint density at radius 2 is 1.81 bits per heavy atom. The van der Waals surface area contributed by atoms with Crippen molar-refractivity contribution < 1.29 is 10.2 Å². The monoisotopic (exact) mass is 223 g/mol. The molecule has 0 aliphatic carbocycles. The van der Waals surface area contributed by atoms with Gasteiger partial charge in [0.05, 0.1) is 0 Å². The SMILES string of the molecule is CC(NCC(C)(C)CO)c1ccc(O)cc1. The summed E-state index contributed by atoms with van der Waals surface area (Å²) in [7, 11) is 0. The smallest absolute Gasteiger partial charge is 0.115 e. The van der Waals surface area contributed by atoms with Crippen LogP contribution in [0.5, 0.6) is 5.75 Å². The number of rotatable bonds is 5. The lowest BCUT2D eigenvalue weighted by Gasteiger charge is -2.25. The van der Waals surface area contributed by atoms with Crippen LogP contribution in [0.2, 0.25) is 0 Å². The summed E-state index contributed by atoms with van der Waals surface area (Å²) in [5, 5.41) is 21.7. The van der Waals surface area contributed by atoms with Crippen LogP contribution in [-0.4, -0.2) is 23.4 Å². The van der Waals surface area contributed by atoms with Gasteiger partial charge in [0.1, 0.15) is 5.75 Å². The van der Waals surface area contributed by atoms with Crippen LogP contribution >= 0.6 is 0 Å². The minimum atomic E-state index is -0.106. The molecule has 1 unspecified atom stereocenters. The van der Waals surface area contributed by atoms with E-state index in [2.05, 4.69) is 12.2 Å². The van der Waals surface area contributed by atoms with E-state index in [1.807, 2.05) is 26.0 Å². The van der Waals surface area contributed by atoms with Crippen molar-refractivity contribution in [1.82, 2.24) is 5.32 Å². The molecule has 0 radical (unpaired) electrons. The quantitative estimate of drug-likeness (QED) is 0.716. The van der Waals surface area contributed by atoms with Gasteiger partial charge < -0.3 is 15.5 Å². The lowest BCUT2D eigenvalue weighted by Crippen LogP contribution is -2.33. The van der Waals surface area contributed by atoms with E-state index < -0.39 is 0 Å². The average Bonchev–Trinajstić information content (AvgIpc) is 2.27. The zero-order valence-electron chi connectivity index (χ0n) is 10.2. The molecule has 0 aromatic heterocycles. The molecule has 90 valence electrons. The van der Waals surface area contributed by atoms with Crippen LogP contribution in [0.25, 0.3) is 0 Å². The topological polar surface area (TPSA) is 52.5 Å². The van der Waals surface area contributed by atoms with E-state index in [0.29, 0.717) is 0 Å². The van der Waals surface area contributed by atoms with Gasteiger partial charge in [-0.2, -0.15) is 0 Å². The second-order valence-corrected chi connectivity index (χ2v) is 5.02. The maximum absolute atomic E-state index is 9.18. The third kappa shape index (κ3) is 3.83. The van der Waals surface area contributed by atoms with E-state index in [9.17, 15) is 5.11 Å². The number of phenols is 1. The van der Waals surface area contributed by atoms with Crippen LogP contribution in [-0.2, 0) is 0 Å². The highest BCUT2D eigenvalue weighted by molar-refractivity contribution is 5.27. The molecule has 3 N–H and O–H groups in total. The fourth-order valence-corrected chi connectivity index (χ4v) is 1.37. The van der Waals surface area contributed by atoms with Crippen LogP contribution in [0.15, 0.2) is 24.3 Å². The molecule has 0 amide bonds. The van der Waals surface area contributed by atoms with Gasteiger partial charge in [-0.25, -0.2) is 0 Å². The molecule has 0 aliphatic rings. The van der Waals surface area contributed by atoms with Crippen LogP contribution < -0.4 is 5.32 Å². The molecule has 3 heteroatoms. The molecule has 0 fully saturated rings. The fraction of sp³-hybridized carbons (Fsp3) is 0.538. The van der Waals surface area contributed by atoms with E-state index in [0.717, 1.165) is 12.1 Å². The van der Waals surface area contributed by atoms with Gasteiger partial charge in [0.25, 0.3) is 0 Å². The first kappa shape index (κ1) is 13.0.